The summed E-state index contributed by atoms with van der Waals surface area (Å²) in [6, 6.07) is 11.9. The van der Waals surface area contributed by atoms with E-state index in [2.05, 4.69) is 38.5 Å². The normalized spacial score (nSPS) is 13.8. The standard InChI is InChI=1S/C29H30N6O/c1-16-15-30-28(31-16)29(3,4)33-27(36)19-11-9-18(10-12-19)26-21-8-6-5-7-20(21)25-22(32-26)13-14-23-24(25)17(2)34-35-23/h9-15H,5-8H2,1-4H3,(H,30,31)(H,33,36)(H,34,35). The van der Waals surface area contributed by atoms with Crippen molar-refractivity contribution in [2.45, 2.75) is 58.9 Å². The Kier molecular flexibility index (Phi) is 5.18. The molecule has 6 rings (SSSR count). The third-order valence-electron chi connectivity index (χ3n) is 7.31. The molecule has 0 aliphatic heterocycles. The number of nitrogens with zero attached hydrogens (tertiary/aromatic N) is 3. The van der Waals surface area contributed by atoms with Gasteiger partial charge in [-0.25, -0.2) is 9.97 Å². The van der Waals surface area contributed by atoms with Gasteiger partial charge in [0.15, 0.2) is 0 Å². The number of carbonyl (C=O) groups is 1. The van der Waals surface area contributed by atoms with E-state index in [0.29, 0.717) is 5.56 Å². The van der Waals surface area contributed by atoms with E-state index in [-0.39, 0.29) is 5.91 Å². The number of amides is 1. The Morgan fingerprint density at radius 3 is 2.39 bits per heavy atom. The predicted octanol–water partition coefficient (Wildman–Crippen LogP) is 5.66. The number of nitrogens with one attached hydrogen (secondary N) is 3. The molecule has 3 heterocycles. The van der Waals surface area contributed by atoms with Crippen molar-refractivity contribution in [3.8, 4) is 11.3 Å². The molecule has 5 aromatic rings. The lowest BCUT2D eigenvalue weighted by molar-refractivity contribution is 0.0908. The van der Waals surface area contributed by atoms with Crippen molar-refractivity contribution in [2.75, 3.05) is 0 Å². The summed E-state index contributed by atoms with van der Waals surface area (Å²) in [6.07, 6.45) is 6.18. The molecule has 182 valence electrons. The number of benzene rings is 2. The van der Waals surface area contributed by atoms with Gasteiger partial charge >= 0.3 is 0 Å². The van der Waals surface area contributed by atoms with E-state index >= 15 is 0 Å². The second kappa shape index (κ2) is 8.29. The summed E-state index contributed by atoms with van der Waals surface area (Å²) in [5, 5.41) is 13.1. The molecular formula is C29H30N6O. The number of pyridine rings is 1. The molecule has 7 nitrogen and oxygen atoms in total. The second-order valence-corrected chi connectivity index (χ2v) is 10.4. The first-order valence-corrected chi connectivity index (χ1v) is 12.6. The molecule has 1 amide bonds. The number of carbonyl (C=O) groups excluding carboxylic acids is 1. The summed E-state index contributed by atoms with van der Waals surface area (Å²) < 4.78 is 0. The summed E-state index contributed by atoms with van der Waals surface area (Å²) >= 11 is 0. The largest absolute Gasteiger partial charge is 0.344 e. The van der Waals surface area contributed by atoms with E-state index in [1.807, 2.05) is 51.1 Å². The van der Waals surface area contributed by atoms with Gasteiger partial charge in [0.1, 0.15) is 5.82 Å². The number of imidazole rings is 1. The zero-order valence-electron chi connectivity index (χ0n) is 21.1. The molecule has 0 spiro atoms. The number of aromatic amines is 2. The van der Waals surface area contributed by atoms with E-state index in [1.54, 1.807) is 6.20 Å². The summed E-state index contributed by atoms with van der Waals surface area (Å²) in [7, 11) is 0. The van der Waals surface area contributed by atoms with Gasteiger partial charge in [0.2, 0.25) is 0 Å². The van der Waals surface area contributed by atoms with Crippen molar-refractivity contribution in [3.63, 3.8) is 0 Å². The van der Waals surface area contributed by atoms with Crippen molar-refractivity contribution in [1.82, 2.24) is 30.5 Å². The Bertz CT molecular complexity index is 1620. The highest BCUT2D eigenvalue weighted by Gasteiger charge is 2.27. The summed E-state index contributed by atoms with van der Waals surface area (Å²) in [4.78, 5) is 25.8. The third-order valence-corrected chi connectivity index (χ3v) is 7.31. The molecule has 0 bridgehead atoms. The van der Waals surface area contributed by atoms with Crippen molar-refractivity contribution in [3.05, 3.63) is 76.5 Å². The minimum Gasteiger partial charge on any atom is -0.344 e. The lowest BCUT2D eigenvalue weighted by Gasteiger charge is -2.24. The van der Waals surface area contributed by atoms with Crippen LogP contribution in [0.3, 0.4) is 0 Å². The van der Waals surface area contributed by atoms with Crippen LogP contribution >= 0.6 is 0 Å². The number of H-pyrrole nitrogens is 2. The predicted molar refractivity (Wildman–Crippen MR) is 142 cm³/mol. The highest BCUT2D eigenvalue weighted by atomic mass is 16.1. The van der Waals surface area contributed by atoms with Gasteiger partial charge in [-0.15, -0.1) is 0 Å². The van der Waals surface area contributed by atoms with Crippen LogP contribution in [-0.2, 0) is 18.4 Å². The van der Waals surface area contributed by atoms with Crippen LogP contribution in [0.15, 0.2) is 42.6 Å². The average molecular weight is 479 g/mol. The number of hydrogen-bond donors (Lipinski definition) is 3. The van der Waals surface area contributed by atoms with Crippen LogP contribution < -0.4 is 5.32 Å². The van der Waals surface area contributed by atoms with Crippen LogP contribution in [-0.4, -0.2) is 31.1 Å². The topological polar surface area (TPSA) is 99.3 Å². The molecule has 7 heteroatoms. The van der Waals surface area contributed by atoms with E-state index in [0.717, 1.165) is 58.8 Å². The number of fused-ring (bicyclic) bond motifs is 5. The lowest BCUT2D eigenvalue weighted by atomic mass is 9.85. The molecule has 0 atom stereocenters. The highest BCUT2D eigenvalue weighted by Crippen LogP contribution is 2.38. The minimum absolute atomic E-state index is 0.132. The van der Waals surface area contributed by atoms with Crippen molar-refractivity contribution >= 4 is 27.7 Å². The highest BCUT2D eigenvalue weighted by molar-refractivity contribution is 6.09. The summed E-state index contributed by atoms with van der Waals surface area (Å²) in [5.41, 5.74) is 8.83. The maximum absolute atomic E-state index is 13.0. The van der Waals surface area contributed by atoms with Gasteiger partial charge in [0.25, 0.3) is 5.91 Å². The molecule has 0 saturated carbocycles. The molecule has 0 saturated heterocycles. The Labute approximate surface area is 209 Å². The molecule has 1 aliphatic carbocycles. The van der Waals surface area contributed by atoms with E-state index < -0.39 is 5.54 Å². The third kappa shape index (κ3) is 3.66. The number of hydrogen-bond acceptors (Lipinski definition) is 4. The molecule has 3 aromatic heterocycles. The van der Waals surface area contributed by atoms with Gasteiger partial charge in [0.05, 0.1) is 22.3 Å². The van der Waals surface area contributed by atoms with E-state index in [4.69, 9.17) is 4.98 Å². The summed E-state index contributed by atoms with van der Waals surface area (Å²) in [5.74, 6) is 0.603. The maximum atomic E-state index is 13.0. The molecule has 3 N–H and O–H groups in total. The first-order valence-electron chi connectivity index (χ1n) is 12.6. The smallest absolute Gasteiger partial charge is 0.252 e. The molecule has 0 radical (unpaired) electrons. The Hall–Kier alpha value is -4.00. The molecule has 2 aromatic carbocycles. The first-order chi connectivity index (χ1) is 17.3. The van der Waals surface area contributed by atoms with Crippen LogP contribution in [0.1, 0.15) is 65.4 Å². The molecule has 1 aliphatic rings. The molecular weight excluding hydrogens is 448 g/mol. The molecule has 0 fully saturated rings. The van der Waals surface area contributed by atoms with E-state index in [9.17, 15) is 4.79 Å². The number of aryl methyl sites for hydroxylation is 3. The fourth-order valence-corrected chi connectivity index (χ4v) is 5.45. The van der Waals surface area contributed by atoms with Crippen molar-refractivity contribution in [1.29, 1.82) is 0 Å². The average Bonchev–Trinajstić information content (AvgIpc) is 3.49. The van der Waals surface area contributed by atoms with Crippen molar-refractivity contribution in [2.24, 2.45) is 0 Å². The number of aromatic nitrogens is 5. The Morgan fingerprint density at radius 2 is 1.67 bits per heavy atom. The minimum atomic E-state index is -0.612. The van der Waals surface area contributed by atoms with Gasteiger partial charge in [0, 0.05) is 39.5 Å². The quantitative estimate of drug-likeness (QED) is 0.310. The zero-order valence-corrected chi connectivity index (χ0v) is 21.1. The lowest BCUT2D eigenvalue weighted by Crippen LogP contribution is -2.41. The van der Waals surface area contributed by atoms with Crippen LogP contribution in [0.2, 0.25) is 0 Å². The summed E-state index contributed by atoms with van der Waals surface area (Å²) in [6.45, 7) is 7.92. The van der Waals surface area contributed by atoms with Gasteiger partial charge in [-0.05, 0) is 88.8 Å². The van der Waals surface area contributed by atoms with Crippen LogP contribution in [0, 0.1) is 13.8 Å². The van der Waals surface area contributed by atoms with Crippen LogP contribution in [0.4, 0.5) is 0 Å². The fourth-order valence-electron chi connectivity index (χ4n) is 5.45. The Morgan fingerprint density at radius 1 is 0.944 bits per heavy atom. The monoisotopic (exact) mass is 478 g/mol. The van der Waals surface area contributed by atoms with E-state index in [1.165, 1.54) is 28.3 Å². The van der Waals surface area contributed by atoms with Gasteiger partial charge in [-0.2, -0.15) is 5.10 Å². The number of rotatable bonds is 4. The fraction of sp³-hybridized carbons (Fsp3) is 0.310. The van der Waals surface area contributed by atoms with Gasteiger partial charge in [-0.3, -0.25) is 9.89 Å². The molecule has 36 heavy (non-hydrogen) atoms. The maximum Gasteiger partial charge on any atom is 0.252 e. The second-order valence-electron chi connectivity index (χ2n) is 10.4. The SMILES string of the molecule is Cc1cnc(C(C)(C)NC(=O)c2ccc(-c3nc4ccc5n[nH]c(C)c5c4c4c3CCCC4)cc2)[nH]1. The van der Waals surface area contributed by atoms with Crippen LogP contribution in [0.5, 0.6) is 0 Å². The molecule has 0 unspecified atom stereocenters. The van der Waals surface area contributed by atoms with Gasteiger partial charge in [-0.1, -0.05) is 12.1 Å². The zero-order chi connectivity index (χ0) is 25.0. The van der Waals surface area contributed by atoms with Crippen molar-refractivity contribution < 1.29 is 4.79 Å². The van der Waals surface area contributed by atoms with Crippen LogP contribution in [0.25, 0.3) is 33.1 Å². The Balaban J connectivity index is 1.37. The van der Waals surface area contributed by atoms with Gasteiger partial charge < -0.3 is 10.3 Å². The first kappa shape index (κ1) is 22.5.